The van der Waals surface area contributed by atoms with Gasteiger partial charge >= 0.3 is 0 Å². The number of nitrogens with zero attached hydrogens (tertiary/aromatic N) is 2. The predicted molar refractivity (Wildman–Crippen MR) is 110 cm³/mol. The molecule has 2 atom stereocenters. The van der Waals surface area contributed by atoms with Crippen molar-refractivity contribution in [2.75, 3.05) is 26.7 Å². The number of hydrogen-bond donors (Lipinski definition) is 2. The van der Waals surface area contributed by atoms with Crippen LogP contribution in [0, 0.1) is 17.6 Å². The molecule has 1 aliphatic rings. The molecule has 4 nitrogen and oxygen atoms in total. The maximum absolute atomic E-state index is 13.6. The molecular weight excluding hydrogens is 437 g/mol. The van der Waals surface area contributed by atoms with Crippen LogP contribution in [0.5, 0.6) is 0 Å². The minimum absolute atomic E-state index is 0. The normalized spacial score (nSPS) is 21.3. The highest BCUT2D eigenvalue weighted by Crippen LogP contribution is 2.18. The van der Waals surface area contributed by atoms with E-state index >= 15 is 0 Å². The molecule has 0 radical (unpaired) electrons. The standard InChI is InChI=1S/C18H28F2N4.HI/c1-12(2)24-10-13(3)17(11-24)23-18(21-4)22-8-7-14-9-15(19)5-6-16(14)20;/h5-6,9,12-13,17H,7-8,10-11H2,1-4H3,(H2,21,22,23);1H. The number of hydrogen-bond acceptors (Lipinski definition) is 2. The van der Waals surface area contributed by atoms with Crippen molar-refractivity contribution in [1.29, 1.82) is 0 Å². The Labute approximate surface area is 166 Å². The van der Waals surface area contributed by atoms with Crippen LogP contribution in [-0.4, -0.2) is 49.6 Å². The van der Waals surface area contributed by atoms with Gasteiger partial charge in [0.15, 0.2) is 5.96 Å². The van der Waals surface area contributed by atoms with E-state index in [0.717, 1.165) is 19.2 Å². The Morgan fingerprint density at radius 1 is 1.32 bits per heavy atom. The topological polar surface area (TPSA) is 39.7 Å². The first-order valence-corrected chi connectivity index (χ1v) is 8.56. The molecule has 0 aliphatic carbocycles. The summed E-state index contributed by atoms with van der Waals surface area (Å²) in [5, 5.41) is 6.63. The summed E-state index contributed by atoms with van der Waals surface area (Å²) in [5.41, 5.74) is 0.373. The van der Waals surface area contributed by atoms with Crippen LogP contribution in [0.1, 0.15) is 26.3 Å². The molecule has 1 aromatic rings. The molecule has 1 fully saturated rings. The average Bonchev–Trinajstić information content (AvgIpc) is 2.91. The highest BCUT2D eigenvalue weighted by Gasteiger charge is 2.31. The summed E-state index contributed by atoms with van der Waals surface area (Å²) in [6.45, 7) is 9.19. The summed E-state index contributed by atoms with van der Waals surface area (Å²) in [4.78, 5) is 6.68. The number of guanidine groups is 1. The predicted octanol–water partition coefficient (Wildman–Crippen LogP) is 3.02. The molecular formula is C18H29F2IN4. The van der Waals surface area contributed by atoms with E-state index in [1.807, 2.05) is 0 Å². The van der Waals surface area contributed by atoms with Crippen molar-refractivity contribution in [3.05, 3.63) is 35.4 Å². The maximum atomic E-state index is 13.6. The average molecular weight is 466 g/mol. The van der Waals surface area contributed by atoms with Gasteiger partial charge in [0.1, 0.15) is 11.6 Å². The third kappa shape index (κ3) is 6.36. The van der Waals surface area contributed by atoms with Gasteiger partial charge in [-0.2, -0.15) is 0 Å². The number of halogens is 3. The molecule has 1 aromatic carbocycles. The number of benzene rings is 1. The van der Waals surface area contributed by atoms with Crippen LogP contribution >= 0.6 is 24.0 Å². The van der Waals surface area contributed by atoms with Crippen LogP contribution in [0.2, 0.25) is 0 Å². The summed E-state index contributed by atoms with van der Waals surface area (Å²) in [7, 11) is 1.72. The van der Waals surface area contributed by atoms with E-state index in [2.05, 4.69) is 41.3 Å². The summed E-state index contributed by atoms with van der Waals surface area (Å²) in [6, 6.07) is 4.41. The minimum atomic E-state index is -0.414. The highest BCUT2D eigenvalue weighted by molar-refractivity contribution is 14.0. The third-order valence-corrected chi connectivity index (χ3v) is 4.61. The van der Waals surface area contributed by atoms with E-state index in [-0.39, 0.29) is 29.8 Å². The van der Waals surface area contributed by atoms with Gasteiger partial charge in [-0.05, 0) is 49.9 Å². The number of aliphatic imine (C=N–C) groups is 1. The Kier molecular flexibility index (Phi) is 9.06. The molecule has 0 bridgehead atoms. The van der Waals surface area contributed by atoms with Gasteiger partial charge in [0.25, 0.3) is 0 Å². The molecule has 2 N–H and O–H groups in total. The fraction of sp³-hybridized carbons (Fsp3) is 0.611. The Balaban J connectivity index is 0.00000312. The fourth-order valence-electron chi connectivity index (χ4n) is 3.03. The second-order valence-electron chi connectivity index (χ2n) is 6.76. The zero-order chi connectivity index (χ0) is 17.7. The molecule has 0 amide bonds. The first kappa shape index (κ1) is 22.1. The van der Waals surface area contributed by atoms with Crippen LogP contribution in [0.3, 0.4) is 0 Å². The maximum Gasteiger partial charge on any atom is 0.191 e. The van der Waals surface area contributed by atoms with E-state index in [0.29, 0.717) is 42.5 Å². The number of rotatable bonds is 5. The summed E-state index contributed by atoms with van der Waals surface area (Å²) < 4.78 is 26.8. The first-order valence-electron chi connectivity index (χ1n) is 8.56. The summed E-state index contributed by atoms with van der Waals surface area (Å²) in [5.74, 6) is 0.446. The quantitative estimate of drug-likeness (QED) is 0.398. The monoisotopic (exact) mass is 466 g/mol. The third-order valence-electron chi connectivity index (χ3n) is 4.61. The molecule has 0 aromatic heterocycles. The van der Waals surface area contributed by atoms with Crippen molar-refractivity contribution in [2.45, 2.75) is 39.3 Å². The minimum Gasteiger partial charge on any atom is -0.356 e. The molecule has 7 heteroatoms. The van der Waals surface area contributed by atoms with Crippen LogP contribution in [0.25, 0.3) is 0 Å². The summed E-state index contributed by atoms with van der Waals surface area (Å²) in [6.07, 6.45) is 0.405. The van der Waals surface area contributed by atoms with Crippen molar-refractivity contribution < 1.29 is 8.78 Å². The van der Waals surface area contributed by atoms with Gasteiger partial charge in [-0.15, -0.1) is 24.0 Å². The van der Waals surface area contributed by atoms with E-state index < -0.39 is 5.82 Å². The molecule has 1 aliphatic heterocycles. The van der Waals surface area contributed by atoms with E-state index in [4.69, 9.17) is 0 Å². The molecule has 1 saturated heterocycles. The lowest BCUT2D eigenvalue weighted by Gasteiger charge is -2.22. The molecule has 2 rings (SSSR count). The molecule has 142 valence electrons. The number of nitrogens with one attached hydrogen (secondary N) is 2. The molecule has 0 saturated carbocycles. The largest absolute Gasteiger partial charge is 0.356 e. The molecule has 0 spiro atoms. The van der Waals surface area contributed by atoms with E-state index in [1.54, 1.807) is 7.05 Å². The number of likely N-dealkylation sites (tertiary alicyclic amines) is 1. The van der Waals surface area contributed by atoms with Crippen molar-refractivity contribution in [2.24, 2.45) is 10.9 Å². The molecule has 25 heavy (non-hydrogen) atoms. The lowest BCUT2D eigenvalue weighted by Crippen LogP contribution is -2.47. The van der Waals surface area contributed by atoms with Crippen molar-refractivity contribution in [1.82, 2.24) is 15.5 Å². The van der Waals surface area contributed by atoms with Crippen LogP contribution in [0.4, 0.5) is 8.78 Å². The van der Waals surface area contributed by atoms with E-state index in [1.165, 1.54) is 12.1 Å². The van der Waals surface area contributed by atoms with E-state index in [9.17, 15) is 8.78 Å². The Morgan fingerprint density at radius 3 is 2.64 bits per heavy atom. The molecule has 1 heterocycles. The summed E-state index contributed by atoms with van der Waals surface area (Å²) >= 11 is 0. The lowest BCUT2D eigenvalue weighted by atomic mass is 10.1. The van der Waals surface area contributed by atoms with Crippen molar-refractivity contribution >= 4 is 29.9 Å². The zero-order valence-electron chi connectivity index (χ0n) is 15.4. The Morgan fingerprint density at radius 2 is 2.04 bits per heavy atom. The Bertz CT molecular complexity index is 580. The van der Waals surface area contributed by atoms with Gasteiger partial charge in [0.05, 0.1) is 0 Å². The van der Waals surface area contributed by atoms with Gasteiger partial charge in [-0.3, -0.25) is 9.89 Å². The van der Waals surface area contributed by atoms with Gasteiger partial charge in [-0.25, -0.2) is 8.78 Å². The van der Waals surface area contributed by atoms with Crippen molar-refractivity contribution in [3.8, 4) is 0 Å². The van der Waals surface area contributed by atoms with Crippen LogP contribution < -0.4 is 10.6 Å². The zero-order valence-corrected chi connectivity index (χ0v) is 17.7. The van der Waals surface area contributed by atoms with Gasteiger partial charge < -0.3 is 10.6 Å². The molecule has 2 unspecified atom stereocenters. The van der Waals surface area contributed by atoms with Crippen molar-refractivity contribution in [3.63, 3.8) is 0 Å². The van der Waals surface area contributed by atoms with Gasteiger partial charge in [-0.1, -0.05) is 6.92 Å². The smallest absolute Gasteiger partial charge is 0.191 e. The SMILES string of the molecule is CN=C(NCCc1cc(F)ccc1F)NC1CN(C(C)C)CC1C.I. The van der Waals surface area contributed by atoms with Gasteiger partial charge in [0.2, 0.25) is 0 Å². The fourth-order valence-corrected chi connectivity index (χ4v) is 3.03. The highest BCUT2D eigenvalue weighted by atomic mass is 127. The first-order chi connectivity index (χ1) is 11.4. The van der Waals surface area contributed by atoms with Crippen LogP contribution in [-0.2, 0) is 6.42 Å². The van der Waals surface area contributed by atoms with Gasteiger partial charge in [0, 0.05) is 38.8 Å². The van der Waals surface area contributed by atoms with Crippen LogP contribution in [0.15, 0.2) is 23.2 Å². The second-order valence-corrected chi connectivity index (χ2v) is 6.76. The lowest BCUT2D eigenvalue weighted by molar-refractivity contribution is 0.265. The second kappa shape index (κ2) is 10.3. The Hall–Kier alpha value is -0.960.